The number of hydrogen-bond acceptors (Lipinski definition) is 3. The van der Waals surface area contributed by atoms with Crippen molar-refractivity contribution in [3.8, 4) is 0 Å². The fraction of sp³-hybridized carbons (Fsp3) is 0.357. The topological polar surface area (TPSA) is 41.3 Å². The lowest BCUT2D eigenvalue weighted by Gasteiger charge is -2.17. The molecule has 0 aliphatic heterocycles. The molecule has 1 N–H and O–H groups in total. The third kappa shape index (κ3) is 3.40. The average Bonchev–Trinajstić information content (AvgIpc) is 2.77. The molecule has 21 heavy (non-hydrogen) atoms. The summed E-state index contributed by atoms with van der Waals surface area (Å²) in [7, 11) is 3.77. The number of aromatic nitrogens is 2. The Hall–Kier alpha value is -1.50. The standard InChI is InChI=1S/C14H16ClF2N3O/c1-19(2)6-7-20-13(9(15)8-18-20)14(21)12-10(16)4-3-5-11(12)17/h3-5,8,14,21H,6-7H2,1-2H3. The Balaban J connectivity index is 2.39. The Labute approximate surface area is 126 Å². The van der Waals surface area contributed by atoms with Crippen molar-refractivity contribution in [2.45, 2.75) is 12.6 Å². The van der Waals surface area contributed by atoms with E-state index in [0.717, 1.165) is 12.1 Å². The van der Waals surface area contributed by atoms with Gasteiger partial charge in [0.15, 0.2) is 0 Å². The molecule has 1 heterocycles. The smallest absolute Gasteiger partial charge is 0.132 e. The number of aliphatic hydroxyl groups is 1. The second kappa shape index (κ2) is 6.51. The lowest BCUT2D eigenvalue weighted by molar-refractivity contribution is 0.195. The normalized spacial score (nSPS) is 12.9. The average molecular weight is 316 g/mol. The van der Waals surface area contributed by atoms with Gasteiger partial charge in [-0.15, -0.1) is 0 Å². The van der Waals surface area contributed by atoms with Gasteiger partial charge in [0.1, 0.15) is 17.7 Å². The van der Waals surface area contributed by atoms with Gasteiger partial charge in [-0.25, -0.2) is 8.78 Å². The van der Waals surface area contributed by atoms with Crippen LogP contribution in [0.1, 0.15) is 17.4 Å². The second-order valence-electron chi connectivity index (χ2n) is 4.94. The molecule has 114 valence electrons. The number of hydrogen-bond donors (Lipinski definition) is 1. The number of halogens is 3. The van der Waals surface area contributed by atoms with Crippen molar-refractivity contribution >= 4 is 11.6 Å². The van der Waals surface area contributed by atoms with E-state index in [2.05, 4.69) is 5.10 Å². The van der Waals surface area contributed by atoms with Crippen LogP contribution in [0.5, 0.6) is 0 Å². The first-order chi connectivity index (χ1) is 9.91. The maximum Gasteiger partial charge on any atom is 0.132 e. The minimum Gasteiger partial charge on any atom is -0.382 e. The number of aliphatic hydroxyl groups excluding tert-OH is 1. The van der Waals surface area contributed by atoms with Crippen molar-refractivity contribution in [2.75, 3.05) is 20.6 Å². The highest BCUT2D eigenvalue weighted by atomic mass is 35.5. The zero-order valence-electron chi connectivity index (χ0n) is 11.7. The molecule has 0 amide bonds. The van der Waals surface area contributed by atoms with Crippen LogP contribution in [-0.2, 0) is 6.54 Å². The third-order valence-electron chi connectivity index (χ3n) is 3.12. The molecule has 0 radical (unpaired) electrons. The van der Waals surface area contributed by atoms with Gasteiger partial charge in [-0.1, -0.05) is 17.7 Å². The van der Waals surface area contributed by atoms with Gasteiger partial charge in [-0.3, -0.25) is 4.68 Å². The lowest BCUT2D eigenvalue weighted by atomic mass is 10.1. The first-order valence-electron chi connectivity index (χ1n) is 6.39. The van der Waals surface area contributed by atoms with E-state index in [-0.39, 0.29) is 10.7 Å². The Bertz CT molecular complexity index is 610. The second-order valence-corrected chi connectivity index (χ2v) is 5.35. The maximum absolute atomic E-state index is 13.8. The zero-order valence-corrected chi connectivity index (χ0v) is 12.5. The molecule has 1 aromatic carbocycles. The van der Waals surface area contributed by atoms with Gasteiger partial charge in [0, 0.05) is 6.54 Å². The van der Waals surface area contributed by atoms with Crippen LogP contribution in [-0.4, -0.2) is 40.4 Å². The third-order valence-corrected chi connectivity index (χ3v) is 3.42. The van der Waals surface area contributed by atoms with Crippen LogP contribution in [0.25, 0.3) is 0 Å². The van der Waals surface area contributed by atoms with Crippen LogP contribution in [0.3, 0.4) is 0 Å². The highest BCUT2D eigenvalue weighted by molar-refractivity contribution is 6.31. The van der Waals surface area contributed by atoms with Gasteiger partial charge in [-0.2, -0.15) is 5.10 Å². The predicted molar refractivity (Wildman–Crippen MR) is 76.2 cm³/mol. The number of rotatable bonds is 5. The SMILES string of the molecule is CN(C)CCn1ncc(Cl)c1C(O)c1c(F)cccc1F. The van der Waals surface area contributed by atoms with E-state index in [4.69, 9.17) is 11.6 Å². The van der Waals surface area contributed by atoms with Crippen LogP contribution < -0.4 is 0 Å². The molecule has 1 unspecified atom stereocenters. The van der Waals surface area contributed by atoms with E-state index in [9.17, 15) is 13.9 Å². The molecule has 0 aliphatic rings. The lowest BCUT2D eigenvalue weighted by Crippen LogP contribution is -2.21. The largest absolute Gasteiger partial charge is 0.382 e. The predicted octanol–water partition coefficient (Wildman–Crippen LogP) is 2.46. The molecule has 2 rings (SSSR count). The van der Waals surface area contributed by atoms with Crippen LogP contribution in [0, 0.1) is 11.6 Å². The molecule has 0 spiro atoms. The van der Waals surface area contributed by atoms with E-state index in [0.29, 0.717) is 13.1 Å². The van der Waals surface area contributed by atoms with E-state index in [1.165, 1.54) is 16.9 Å². The summed E-state index contributed by atoms with van der Waals surface area (Å²) >= 11 is 6.01. The van der Waals surface area contributed by atoms with Crippen molar-refractivity contribution in [1.29, 1.82) is 0 Å². The Kier molecular flexibility index (Phi) is 4.92. The summed E-state index contributed by atoms with van der Waals surface area (Å²) in [5.74, 6) is -1.64. The zero-order chi connectivity index (χ0) is 15.6. The molecular weight excluding hydrogens is 300 g/mol. The van der Waals surface area contributed by atoms with E-state index >= 15 is 0 Å². The van der Waals surface area contributed by atoms with Crippen LogP contribution >= 0.6 is 11.6 Å². The fourth-order valence-electron chi connectivity index (χ4n) is 2.03. The number of benzene rings is 1. The Morgan fingerprint density at radius 1 is 1.33 bits per heavy atom. The van der Waals surface area contributed by atoms with E-state index in [1.807, 2.05) is 19.0 Å². The molecule has 1 aromatic heterocycles. The molecule has 2 aromatic rings. The van der Waals surface area contributed by atoms with Crippen LogP contribution in [0.2, 0.25) is 5.02 Å². The maximum atomic E-state index is 13.8. The highest BCUT2D eigenvalue weighted by Crippen LogP contribution is 2.31. The summed E-state index contributed by atoms with van der Waals surface area (Å²) in [4.78, 5) is 1.93. The number of likely N-dealkylation sites (N-methyl/N-ethyl adjacent to an activating group) is 1. The van der Waals surface area contributed by atoms with Gasteiger partial charge in [-0.05, 0) is 26.2 Å². The van der Waals surface area contributed by atoms with Crippen molar-refractivity contribution in [1.82, 2.24) is 14.7 Å². The first-order valence-corrected chi connectivity index (χ1v) is 6.77. The molecule has 7 heteroatoms. The van der Waals surface area contributed by atoms with Crippen molar-refractivity contribution in [3.63, 3.8) is 0 Å². The molecule has 0 saturated carbocycles. The van der Waals surface area contributed by atoms with Crippen molar-refractivity contribution in [2.24, 2.45) is 0 Å². The van der Waals surface area contributed by atoms with Gasteiger partial charge in [0.05, 0.1) is 29.0 Å². The minimum atomic E-state index is -1.51. The van der Waals surface area contributed by atoms with Gasteiger partial charge in [0.25, 0.3) is 0 Å². The van der Waals surface area contributed by atoms with E-state index < -0.39 is 23.3 Å². The summed E-state index contributed by atoms with van der Waals surface area (Å²) in [6.45, 7) is 1.10. The highest BCUT2D eigenvalue weighted by Gasteiger charge is 2.25. The summed E-state index contributed by atoms with van der Waals surface area (Å²) in [5, 5.41) is 14.5. The first kappa shape index (κ1) is 15.9. The van der Waals surface area contributed by atoms with Gasteiger partial charge < -0.3 is 10.0 Å². The molecule has 0 bridgehead atoms. The molecular formula is C14H16ClF2N3O. The Morgan fingerprint density at radius 3 is 2.52 bits per heavy atom. The van der Waals surface area contributed by atoms with Crippen molar-refractivity contribution in [3.05, 3.63) is 52.3 Å². The monoisotopic (exact) mass is 315 g/mol. The number of nitrogens with zero attached hydrogens (tertiary/aromatic N) is 3. The fourth-order valence-corrected chi connectivity index (χ4v) is 2.27. The molecule has 1 atom stereocenters. The minimum absolute atomic E-state index is 0.170. The van der Waals surface area contributed by atoms with Crippen molar-refractivity contribution < 1.29 is 13.9 Å². The molecule has 0 saturated heterocycles. The quantitative estimate of drug-likeness (QED) is 0.921. The molecule has 0 aliphatic carbocycles. The molecule has 4 nitrogen and oxygen atoms in total. The summed E-state index contributed by atoms with van der Waals surface area (Å²) < 4.78 is 29.0. The Morgan fingerprint density at radius 2 is 1.95 bits per heavy atom. The van der Waals surface area contributed by atoms with Crippen LogP contribution in [0.15, 0.2) is 24.4 Å². The van der Waals surface area contributed by atoms with Gasteiger partial charge in [0.2, 0.25) is 0 Å². The molecule has 0 fully saturated rings. The summed E-state index contributed by atoms with van der Waals surface area (Å²) in [5.41, 5.74) is -0.242. The van der Waals surface area contributed by atoms with Gasteiger partial charge >= 0.3 is 0 Å². The summed E-state index contributed by atoms with van der Waals surface area (Å²) in [6, 6.07) is 3.43. The van der Waals surface area contributed by atoms with Crippen LogP contribution in [0.4, 0.5) is 8.78 Å². The summed E-state index contributed by atoms with van der Waals surface area (Å²) in [6.07, 6.45) is -0.155. The van der Waals surface area contributed by atoms with E-state index in [1.54, 1.807) is 0 Å².